The second kappa shape index (κ2) is 8.79. The molecule has 0 radical (unpaired) electrons. The fourth-order valence-electron chi connectivity index (χ4n) is 3.21. The third kappa shape index (κ3) is 4.31. The maximum Gasteiger partial charge on any atom is 0.338 e. The van der Waals surface area contributed by atoms with Gasteiger partial charge in [0, 0.05) is 6.07 Å². The standard InChI is InChI=1S/C23H13ClF2N2O5/c24-16-3-1-2-4-19(16)28-21(30)14-7-5-12(9-15(14)22(28)31)23(32)33-11-20(29)27-18-8-6-13(25)10-17(18)26/h1-10H,11H2,(H,27,29). The molecule has 166 valence electrons. The number of carbonyl (C=O) groups excluding carboxylic acids is 4. The number of amides is 3. The molecule has 0 fully saturated rings. The van der Waals surface area contributed by atoms with Gasteiger partial charge in [-0.2, -0.15) is 0 Å². The van der Waals surface area contributed by atoms with E-state index in [2.05, 4.69) is 5.32 Å². The summed E-state index contributed by atoms with van der Waals surface area (Å²) < 4.78 is 31.5. The highest BCUT2D eigenvalue weighted by atomic mass is 35.5. The van der Waals surface area contributed by atoms with E-state index in [-0.39, 0.29) is 33.1 Å². The van der Waals surface area contributed by atoms with Crippen LogP contribution in [0.5, 0.6) is 0 Å². The number of nitrogens with one attached hydrogen (secondary N) is 1. The first-order chi connectivity index (χ1) is 15.8. The lowest BCUT2D eigenvalue weighted by atomic mass is 10.1. The van der Waals surface area contributed by atoms with E-state index in [1.807, 2.05) is 0 Å². The molecule has 0 saturated heterocycles. The number of imide groups is 1. The first-order valence-corrected chi connectivity index (χ1v) is 9.83. The van der Waals surface area contributed by atoms with Crippen LogP contribution in [0.4, 0.5) is 20.2 Å². The lowest BCUT2D eigenvalue weighted by Crippen LogP contribution is -2.29. The highest BCUT2D eigenvalue weighted by molar-refractivity contribution is 6.39. The Morgan fingerprint density at radius 1 is 0.939 bits per heavy atom. The van der Waals surface area contributed by atoms with Crippen LogP contribution in [0, 0.1) is 11.6 Å². The minimum atomic E-state index is -0.987. The Bertz CT molecular complexity index is 1330. The minimum absolute atomic E-state index is 0.0211. The topological polar surface area (TPSA) is 92.8 Å². The van der Waals surface area contributed by atoms with Crippen molar-refractivity contribution < 1.29 is 32.7 Å². The molecule has 1 aliphatic heterocycles. The van der Waals surface area contributed by atoms with E-state index < -0.39 is 41.9 Å². The summed E-state index contributed by atoms with van der Waals surface area (Å²) in [6, 6.07) is 12.7. The number of nitrogens with zero attached hydrogens (tertiary/aromatic N) is 1. The zero-order valence-electron chi connectivity index (χ0n) is 16.6. The molecule has 1 aliphatic rings. The van der Waals surface area contributed by atoms with Crippen molar-refractivity contribution in [3.05, 3.63) is 94.0 Å². The fourth-order valence-corrected chi connectivity index (χ4v) is 3.43. The maximum atomic E-state index is 13.6. The van der Waals surface area contributed by atoms with Crippen molar-refractivity contribution in [3.63, 3.8) is 0 Å². The second-order valence-corrected chi connectivity index (χ2v) is 7.31. The molecule has 0 spiro atoms. The number of carbonyl (C=O) groups is 4. The van der Waals surface area contributed by atoms with E-state index in [1.54, 1.807) is 12.1 Å². The van der Waals surface area contributed by atoms with Gasteiger partial charge in [0.25, 0.3) is 17.7 Å². The van der Waals surface area contributed by atoms with Gasteiger partial charge >= 0.3 is 5.97 Å². The van der Waals surface area contributed by atoms with E-state index in [9.17, 15) is 28.0 Å². The Kier molecular flexibility index (Phi) is 5.89. The van der Waals surface area contributed by atoms with Crippen molar-refractivity contribution in [2.24, 2.45) is 0 Å². The maximum absolute atomic E-state index is 13.6. The van der Waals surface area contributed by atoms with Crippen LogP contribution in [-0.2, 0) is 9.53 Å². The monoisotopic (exact) mass is 470 g/mol. The molecule has 0 unspecified atom stereocenters. The summed E-state index contributed by atoms with van der Waals surface area (Å²) >= 11 is 6.11. The molecular weight excluding hydrogens is 458 g/mol. The van der Waals surface area contributed by atoms with Crippen LogP contribution in [0.1, 0.15) is 31.1 Å². The fraction of sp³-hybridized carbons (Fsp3) is 0.0435. The Balaban J connectivity index is 1.46. The molecule has 3 aromatic rings. The Labute approximate surface area is 190 Å². The van der Waals surface area contributed by atoms with Crippen LogP contribution in [0.15, 0.2) is 60.7 Å². The summed E-state index contributed by atoms with van der Waals surface area (Å²) in [6.07, 6.45) is 0. The van der Waals surface area contributed by atoms with E-state index in [1.165, 1.54) is 30.3 Å². The first kappa shape index (κ1) is 22.1. The lowest BCUT2D eigenvalue weighted by molar-refractivity contribution is -0.119. The van der Waals surface area contributed by atoms with Gasteiger partial charge in [0.05, 0.1) is 33.1 Å². The van der Waals surface area contributed by atoms with Crippen molar-refractivity contribution in [1.29, 1.82) is 0 Å². The van der Waals surface area contributed by atoms with Gasteiger partial charge in [-0.3, -0.25) is 14.4 Å². The van der Waals surface area contributed by atoms with Crippen LogP contribution >= 0.6 is 11.6 Å². The Morgan fingerprint density at radius 3 is 2.39 bits per heavy atom. The molecule has 1 heterocycles. The largest absolute Gasteiger partial charge is 0.452 e. The number of hydrogen-bond donors (Lipinski definition) is 1. The third-order valence-corrected chi connectivity index (χ3v) is 5.07. The zero-order chi connectivity index (χ0) is 23.7. The SMILES string of the molecule is O=C(COC(=O)c1ccc2c(c1)C(=O)N(c1ccccc1Cl)C2=O)Nc1ccc(F)cc1F. The molecule has 0 bridgehead atoms. The number of esters is 1. The molecule has 0 aromatic heterocycles. The molecular formula is C23H13ClF2N2O5. The van der Waals surface area contributed by atoms with E-state index >= 15 is 0 Å². The molecule has 1 N–H and O–H groups in total. The molecule has 10 heteroatoms. The smallest absolute Gasteiger partial charge is 0.338 e. The average molecular weight is 471 g/mol. The van der Waals surface area contributed by atoms with Gasteiger partial charge < -0.3 is 10.1 Å². The van der Waals surface area contributed by atoms with Gasteiger partial charge in [0.2, 0.25) is 0 Å². The number of ether oxygens (including phenoxy) is 1. The summed E-state index contributed by atoms with van der Waals surface area (Å²) in [5, 5.41) is 2.36. The Hall–Kier alpha value is -4.11. The summed E-state index contributed by atoms with van der Waals surface area (Å²) in [6.45, 7) is -0.759. The molecule has 4 rings (SSSR count). The van der Waals surface area contributed by atoms with Crippen molar-refractivity contribution in [1.82, 2.24) is 0 Å². The number of rotatable bonds is 5. The van der Waals surface area contributed by atoms with Gasteiger partial charge in [0.1, 0.15) is 11.6 Å². The summed E-state index contributed by atoms with van der Waals surface area (Å²) in [5.74, 6) is -4.85. The van der Waals surface area contributed by atoms with E-state index in [0.717, 1.165) is 17.0 Å². The van der Waals surface area contributed by atoms with Crippen LogP contribution in [-0.4, -0.2) is 30.3 Å². The predicted octanol–water partition coefficient (Wildman–Crippen LogP) is 4.21. The molecule has 3 aromatic carbocycles. The summed E-state index contributed by atoms with van der Waals surface area (Å²) in [5.41, 5.74) is -0.0807. The van der Waals surface area contributed by atoms with Crippen molar-refractivity contribution in [2.45, 2.75) is 0 Å². The highest BCUT2D eigenvalue weighted by Crippen LogP contribution is 2.33. The predicted molar refractivity (Wildman–Crippen MR) is 114 cm³/mol. The van der Waals surface area contributed by atoms with Gasteiger partial charge in [-0.05, 0) is 42.5 Å². The molecule has 3 amide bonds. The number of fused-ring (bicyclic) bond motifs is 1. The quantitative estimate of drug-likeness (QED) is 0.445. The molecule has 0 atom stereocenters. The first-order valence-electron chi connectivity index (χ1n) is 9.45. The highest BCUT2D eigenvalue weighted by Gasteiger charge is 2.38. The molecule has 0 saturated carbocycles. The van der Waals surface area contributed by atoms with E-state index in [0.29, 0.717) is 6.07 Å². The number of anilines is 2. The molecule has 0 aliphatic carbocycles. The van der Waals surface area contributed by atoms with Gasteiger partial charge in [-0.15, -0.1) is 0 Å². The van der Waals surface area contributed by atoms with Crippen LogP contribution in [0.2, 0.25) is 5.02 Å². The van der Waals surface area contributed by atoms with Crippen molar-refractivity contribution >= 4 is 46.7 Å². The number of halogens is 3. The average Bonchev–Trinajstić information content (AvgIpc) is 3.04. The van der Waals surface area contributed by atoms with Crippen LogP contribution in [0.25, 0.3) is 0 Å². The lowest BCUT2D eigenvalue weighted by Gasteiger charge is -2.15. The van der Waals surface area contributed by atoms with Crippen molar-refractivity contribution in [2.75, 3.05) is 16.8 Å². The number of para-hydroxylation sites is 1. The molecule has 7 nitrogen and oxygen atoms in total. The van der Waals surface area contributed by atoms with Gasteiger partial charge in [-0.25, -0.2) is 18.5 Å². The summed E-state index contributed by atoms with van der Waals surface area (Å²) in [7, 11) is 0. The third-order valence-electron chi connectivity index (χ3n) is 4.76. The number of hydrogen-bond acceptors (Lipinski definition) is 5. The Morgan fingerprint density at radius 2 is 1.67 bits per heavy atom. The molecule has 33 heavy (non-hydrogen) atoms. The van der Waals surface area contributed by atoms with Crippen LogP contribution < -0.4 is 10.2 Å². The van der Waals surface area contributed by atoms with E-state index in [4.69, 9.17) is 16.3 Å². The zero-order valence-corrected chi connectivity index (χ0v) is 17.4. The van der Waals surface area contributed by atoms with Crippen LogP contribution in [0.3, 0.4) is 0 Å². The summed E-state index contributed by atoms with van der Waals surface area (Å²) in [4.78, 5) is 50.7. The van der Waals surface area contributed by atoms with Gasteiger partial charge in [0.15, 0.2) is 6.61 Å². The normalized spacial score (nSPS) is 12.5. The van der Waals surface area contributed by atoms with Crippen molar-refractivity contribution in [3.8, 4) is 0 Å². The van der Waals surface area contributed by atoms with Gasteiger partial charge in [-0.1, -0.05) is 23.7 Å². The minimum Gasteiger partial charge on any atom is -0.452 e. The number of benzene rings is 3. The second-order valence-electron chi connectivity index (χ2n) is 6.91.